The van der Waals surface area contributed by atoms with Crippen LogP contribution in [0.5, 0.6) is 5.75 Å². The molecule has 4 heteroatoms. The average Bonchev–Trinajstić information content (AvgIpc) is 3.01. The molecule has 2 N–H and O–H groups in total. The standard InChI is InChI=1S/C16H21N3O/c1-11(14-9-18-19-10-14)17-8-13-6-4-5-12-7-16(2,3)20-15(12)13/h4-6,9-11,17H,7-8H2,1-3H3,(H,18,19). The maximum Gasteiger partial charge on any atom is 0.127 e. The fraction of sp³-hybridized carbons (Fsp3) is 0.438. The molecule has 1 unspecified atom stereocenters. The van der Waals surface area contributed by atoms with E-state index in [0.717, 1.165) is 18.7 Å². The van der Waals surface area contributed by atoms with E-state index in [1.807, 2.05) is 12.4 Å². The first kappa shape index (κ1) is 13.2. The van der Waals surface area contributed by atoms with Crippen molar-refractivity contribution in [1.82, 2.24) is 15.5 Å². The zero-order valence-electron chi connectivity index (χ0n) is 12.2. The zero-order valence-corrected chi connectivity index (χ0v) is 12.2. The largest absolute Gasteiger partial charge is 0.487 e. The lowest BCUT2D eigenvalue weighted by molar-refractivity contribution is 0.137. The lowest BCUT2D eigenvalue weighted by Gasteiger charge is -2.19. The first-order valence-electron chi connectivity index (χ1n) is 7.07. The molecule has 0 saturated heterocycles. The van der Waals surface area contributed by atoms with E-state index in [1.54, 1.807) is 0 Å². The van der Waals surface area contributed by atoms with Crippen molar-refractivity contribution >= 4 is 0 Å². The number of benzene rings is 1. The van der Waals surface area contributed by atoms with Crippen LogP contribution >= 0.6 is 0 Å². The summed E-state index contributed by atoms with van der Waals surface area (Å²) >= 11 is 0. The van der Waals surface area contributed by atoms with Crippen molar-refractivity contribution in [2.75, 3.05) is 0 Å². The molecule has 1 aliphatic heterocycles. The summed E-state index contributed by atoms with van der Waals surface area (Å²) in [7, 11) is 0. The first-order valence-corrected chi connectivity index (χ1v) is 7.07. The quantitative estimate of drug-likeness (QED) is 0.899. The van der Waals surface area contributed by atoms with Crippen LogP contribution in [0, 0.1) is 0 Å². The van der Waals surface area contributed by atoms with Gasteiger partial charge >= 0.3 is 0 Å². The van der Waals surface area contributed by atoms with Gasteiger partial charge in [-0.05, 0) is 26.3 Å². The van der Waals surface area contributed by atoms with Gasteiger partial charge in [0.15, 0.2) is 0 Å². The Morgan fingerprint density at radius 1 is 1.45 bits per heavy atom. The molecule has 20 heavy (non-hydrogen) atoms. The van der Waals surface area contributed by atoms with E-state index in [4.69, 9.17) is 4.74 Å². The number of H-pyrrole nitrogens is 1. The summed E-state index contributed by atoms with van der Waals surface area (Å²) in [5, 5.41) is 10.4. The lowest BCUT2D eigenvalue weighted by Crippen LogP contribution is -2.25. The number of aromatic amines is 1. The van der Waals surface area contributed by atoms with Crippen LogP contribution in [0.1, 0.15) is 43.5 Å². The van der Waals surface area contributed by atoms with E-state index in [9.17, 15) is 0 Å². The third-order valence-electron chi connectivity index (χ3n) is 3.79. The van der Waals surface area contributed by atoms with E-state index in [1.165, 1.54) is 16.7 Å². The summed E-state index contributed by atoms with van der Waals surface area (Å²) in [6, 6.07) is 6.67. The second-order valence-electron chi connectivity index (χ2n) is 6.08. The molecule has 0 bridgehead atoms. The monoisotopic (exact) mass is 271 g/mol. The summed E-state index contributed by atoms with van der Waals surface area (Å²) in [5.41, 5.74) is 3.61. The maximum absolute atomic E-state index is 6.09. The predicted octanol–water partition coefficient (Wildman–Crippen LogP) is 2.97. The number of aromatic nitrogens is 2. The molecule has 0 saturated carbocycles. The van der Waals surface area contributed by atoms with Gasteiger partial charge in [-0.1, -0.05) is 18.2 Å². The second kappa shape index (κ2) is 4.94. The Morgan fingerprint density at radius 2 is 2.30 bits per heavy atom. The van der Waals surface area contributed by atoms with Crippen LogP contribution in [0.15, 0.2) is 30.6 Å². The van der Waals surface area contributed by atoms with Crippen molar-refractivity contribution in [3.63, 3.8) is 0 Å². The van der Waals surface area contributed by atoms with Crippen molar-refractivity contribution < 1.29 is 4.74 Å². The number of ether oxygens (including phenoxy) is 1. The highest BCUT2D eigenvalue weighted by molar-refractivity contribution is 5.45. The van der Waals surface area contributed by atoms with Crippen LogP contribution in [0.2, 0.25) is 0 Å². The third kappa shape index (κ3) is 2.56. The molecule has 1 aromatic carbocycles. The minimum absolute atomic E-state index is 0.0887. The molecule has 1 atom stereocenters. The molecule has 1 aromatic heterocycles. The molecule has 4 nitrogen and oxygen atoms in total. The van der Waals surface area contributed by atoms with E-state index < -0.39 is 0 Å². The normalized spacial score (nSPS) is 17.6. The second-order valence-corrected chi connectivity index (χ2v) is 6.08. The van der Waals surface area contributed by atoms with Crippen LogP contribution in [0.4, 0.5) is 0 Å². The highest BCUT2D eigenvalue weighted by atomic mass is 16.5. The van der Waals surface area contributed by atoms with Crippen LogP contribution in [0.25, 0.3) is 0 Å². The summed E-state index contributed by atoms with van der Waals surface area (Å²) in [5.74, 6) is 1.06. The highest BCUT2D eigenvalue weighted by Gasteiger charge is 2.31. The zero-order chi connectivity index (χ0) is 14.2. The number of fused-ring (bicyclic) bond motifs is 1. The number of hydrogen-bond donors (Lipinski definition) is 2. The molecule has 3 rings (SSSR count). The van der Waals surface area contributed by atoms with Gasteiger partial charge in [-0.25, -0.2) is 0 Å². The van der Waals surface area contributed by atoms with Crippen molar-refractivity contribution in [1.29, 1.82) is 0 Å². The summed E-state index contributed by atoms with van der Waals surface area (Å²) in [6.07, 6.45) is 4.76. The maximum atomic E-state index is 6.09. The van der Waals surface area contributed by atoms with Crippen LogP contribution in [-0.4, -0.2) is 15.8 Å². The van der Waals surface area contributed by atoms with Gasteiger partial charge < -0.3 is 10.1 Å². The van der Waals surface area contributed by atoms with Crippen molar-refractivity contribution in [3.8, 4) is 5.75 Å². The molecule has 0 amide bonds. The third-order valence-corrected chi connectivity index (χ3v) is 3.79. The molecule has 0 spiro atoms. The van der Waals surface area contributed by atoms with E-state index >= 15 is 0 Å². The number of nitrogens with zero attached hydrogens (tertiary/aromatic N) is 1. The Balaban J connectivity index is 1.72. The Bertz CT molecular complexity index is 590. The molecule has 1 aliphatic rings. The molecule has 2 aromatic rings. The van der Waals surface area contributed by atoms with Gasteiger partial charge in [-0.2, -0.15) is 5.10 Å². The minimum atomic E-state index is -0.0887. The fourth-order valence-corrected chi connectivity index (χ4v) is 2.70. The highest BCUT2D eigenvalue weighted by Crippen LogP contribution is 2.37. The van der Waals surface area contributed by atoms with Gasteiger partial charge in [0.2, 0.25) is 0 Å². The lowest BCUT2D eigenvalue weighted by atomic mass is 10.0. The predicted molar refractivity (Wildman–Crippen MR) is 78.7 cm³/mol. The SMILES string of the molecule is CC(NCc1cccc2c1OC(C)(C)C2)c1cn[nH]c1. The molecule has 0 radical (unpaired) electrons. The van der Waals surface area contributed by atoms with Gasteiger partial charge in [0.05, 0.1) is 6.20 Å². The molecule has 2 heterocycles. The molecule has 106 valence electrons. The van der Waals surface area contributed by atoms with Gasteiger partial charge in [-0.15, -0.1) is 0 Å². The first-order chi connectivity index (χ1) is 9.55. The van der Waals surface area contributed by atoms with Crippen molar-refractivity contribution in [2.24, 2.45) is 0 Å². The molecular formula is C16H21N3O. The van der Waals surface area contributed by atoms with Crippen LogP contribution in [-0.2, 0) is 13.0 Å². The van der Waals surface area contributed by atoms with Gasteiger partial charge in [-0.3, -0.25) is 5.10 Å². The molecular weight excluding hydrogens is 250 g/mol. The number of hydrogen-bond acceptors (Lipinski definition) is 3. The van der Waals surface area contributed by atoms with Crippen molar-refractivity contribution in [2.45, 2.75) is 45.4 Å². The summed E-state index contributed by atoms with van der Waals surface area (Å²) in [4.78, 5) is 0. The fourth-order valence-electron chi connectivity index (χ4n) is 2.70. The Morgan fingerprint density at radius 3 is 3.05 bits per heavy atom. The summed E-state index contributed by atoms with van der Waals surface area (Å²) < 4.78 is 6.09. The average molecular weight is 271 g/mol. The number of rotatable bonds is 4. The van der Waals surface area contributed by atoms with Crippen LogP contribution in [0.3, 0.4) is 0 Å². The Kier molecular flexibility index (Phi) is 3.26. The van der Waals surface area contributed by atoms with Gasteiger partial charge in [0.25, 0.3) is 0 Å². The van der Waals surface area contributed by atoms with E-state index in [2.05, 4.69) is 54.5 Å². The van der Waals surface area contributed by atoms with E-state index in [-0.39, 0.29) is 11.6 Å². The minimum Gasteiger partial charge on any atom is -0.487 e. The number of nitrogens with one attached hydrogen (secondary N) is 2. The molecule has 0 fully saturated rings. The Hall–Kier alpha value is -1.81. The van der Waals surface area contributed by atoms with Gasteiger partial charge in [0, 0.05) is 36.3 Å². The van der Waals surface area contributed by atoms with Crippen LogP contribution < -0.4 is 10.1 Å². The van der Waals surface area contributed by atoms with E-state index in [0.29, 0.717) is 0 Å². The van der Waals surface area contributed by atoms with Crippen molar-refractivity contribution in [3.05, 3.63) is 47.3 Å². The van der Waals surface area contributed by atoms with Gasteiger partial charge in [0.1, 0.15) is 11.4 Å². The Labute approximate surface area is 119 Å². The smallest absolute Gasteiger partial charge is 0.127 e. The molecule has 0 aliphatic carbocycles. The summed E-state index contributed by atoms with van der Waals surface area (Å²) in [6.45, 7) is 7.21. The topological polar surface area (TPSA) is 49.9 Å². The number of para-hydroxylation sites is 1.